The van der Waals surface area contributed by atoms with Crippen LogP contribution in [0.1, 0.15) is 12.5 Å². The van der Waals surface area contributed by atoms with Crippen LogP contribution in [0.25, 0.3) is 11.1 Å². The summed E-state index contributed by atoms with van der Waals surface area (Å²) in [4.78, 5) is 2.26. The van der Waals surface area contributed by atoms with E-state index in [2.05, 4.69) is 89.7 Å². The Kier molecular flexibility index (Phi) is 3.89. The van der Waals surface area contributed by atoms with Crippen molar-refractivity contribution in [2.75, 3.05) is 11.4 Å². The van der Waals surface area contributed by atoms with E-state index in [1.807, 2.05) is 6.92 Å². The molecule has 3 rings (SSSR count). The molecule has 0 fully saturated rings. The maximum absolute atomic E-state index is 3.08. The number of nitrogens with zero attached hydrogens (tertiary/aromatic N) is 1. The SMILES string of the molecule is CC#Cc1ccc(-c2ccccc2N2C=CC=CC2)cc1. The first-order valence-corrected chi connectivity index (χ1v) is 7.10. The molecule has 0 amide bonds. The third-order valence-electron chi connectivity index (χ3n) is 3.49. The Morgan fingerprint density at radius 1 is 0.952 bits per heavy atom. The normalized spacial score (nSPS) is 12.9. The van der Waals surface area contributed by atoms with Gasteiger partial charge in [0.05, 0.1) is 0 Å². The number of para-hydroxylation sites is 1. The van der Waals surface area contributed by atoms with Gasteiger partial charge in [-0.05, 0) is 36.8 Å². The highest BCUT2D eigenvalue weighted by molar-refractivity contribution is 5.80. The minimum Gasteiger partial charge on any atom is -0.344 e. The van der Waals surface area contributed by atoms with Gasteiger partial charge in [-0.25, -0.2) is 0 Å². The third kappa shape index (κ3) is 2.90. The van der Waals surface area contributed by atoms with E-state index in [0.29, 0.717) is 0 Å². The molecule has 0 bridgehead atoms. The summed E-state index contributed by atoms with van der Waals surface area (Å²) in [6.07, 6.45) is 8.43. The van der Waals surface area contributed by atoms with Crippen LogP contribution < -0.4 is 4.90 Å². The fourth-order valence-electron chi connectivity index (χ4n) is 2.49. The smallest absolute Gasteiger partial charge is 0.0488 e. The molecule has 0 radical (unpaired) electrons. The molecular weight excluding hydrogens is 254 g/mol. The maximum atomic E-state index is 3.08. The zero-order valence-electron chi connectivity index (χ0n) is 12.1. The van der Waals surface area contributed by atoms with E-state index in [0.717, 1.165) is 12.1 Å². The van der Waals surface area contributed by atoms with Crippen molar-refractivity contribution in [2.45, 2.75) is 6.92 Å². The van der Waals surface area contributed by atoms with Gasteiger partial charge < -0.3 is 4.90 Å². The molecule has 2 aromatic carbocycles. The molecule has 1 nitrogen and oxygen atoms in total. The highest BCUT2D eigenvalue weighted by Crippen LogP contribution is 2.31. The van der Waals surface area contributed by atoms with Crippen LogP contribution in [0.4, 0.5) is 5.69 Å². The van der Waals surface area contributed by atoms with Crippen LogP contribution in [0.3, 0.4) is 0 Å². The molecule has 0 saturated carbocycles. The summed E-state index contributed by atoms with van der Waals surface area (Å²) in [5.41, 5.74) is 4.75. The molecule has 0 aliphatic carbocycles. The molecule has 0 spiro atoms. The van der Waals surface area contributed by atoms with Crippen molar-refractivity contribution in [3.63, 3.8) is 0 Å². The molecule has 0 N–H and O–H groups in total. The van der Waals surface area contributed by atoms with Crippen molar-refractivity contribution in [2.24, 2.45) is 0 Å². The second-order valence-corrected chi connectivity index (χ2v) is 4.89. The van der Waals surface area contributed by atoms with Crippen molar-refractivity contribution < 1.29 is 0 Å². The largest absolute Gasteiger partial charge is 0.344 e. The first-order valence-electron chi connectivity index (χ1n) is 7.10. The van der Waals surface area contributed by atoms with Crippen molar-refractivity contribution in [1.82, 2.24) is 0 Å². The van der Waals surface area contributed by atoms with Crippen LogP contribution in [-0.4, -0.2) is 6.54 Å². The summed E-state index contributed by atoms with van der Waals surface area (Å²) in [5, 5.41) is 0. The van der Waals surface area contributed by atoms with Crippen LogP contribution in [0.5, 0.6) is 0 Å². The van der Waals surface area contributed by atoms with Crippen molar-refractivity contribution in [3.8, 4) is 23.0 Å². The van der Waals surface area contributed by atoms with Crippen LogP contribution in [0.2, 0.25) is 0 Å². The highest BCUT2D eigenvalue weighted by Gasteiger charge is 2.10. The second-order valence-electron chi connectivity index (χ2n) is 4.89. The molecule has 0 saturated heterocycles. The molecule has 0 atom stereocenters. The Hall–Kier alpha value is -2.72. The van der Waals surface area contributed by atoms with Gasteiger partial charge in [-0.2, -0.15) is 0 Å². The summed E-state index contributed by atoms with van der Waals surface area (Å²) in [6.45, 7) is 2.77. The van der Waals surface area contributed by atoms with Gasteiger partial charge in [-0.3, -0.25) is 0 Å². The van der Waals surface area contributed by atoms with Crippen LogP contribution >= 0.6 is 0 Å². The van der Waals surface area contributed by atoms with E-state index in [1.165, 1.54) is 16.8 Å². The number of hydrogen-bond donors (Lipinski definition) is 0. The second kappa shape index (κ2) is 6.15. The predicted molar refractivity (Wildman–Crippen MR) is 90.1 cm³/mol. The van der Waals surface area contributed by atoms with Crippen LogP contribution in [-0.2, 0) is 0 Å². The lowest BCUT2D eigenvalue weighted by molar-refractivity contribution is 1.07. The Morgan fingerprint density at radius 3 is 2.48 bits per heavy atom. The topological polar surface area (TPSA) is 3.24 Å². The van der Waals surface area contributed by atoms with Crippen LogP contribution in [0.15, 0.2) is 73.0 Å². The molecule has 0 aromatic heterocycles. The summed E-state index contributed by atoms with van der Waals surface area (Å²) in [6, 6.07) is 16.9. The van der Waals surface area contributed by atoms with E-state index < -0.39 is 0 Å². The number of hydrogen-bond acceptors (Lipinski definition) is 1. The van der Waals surface area contributed by atoms with Crippen molar-refractivity contribution >= 4 is 5.69 Å². The first kappa shape index (κ1) is 13.3. The lowest BCUT2D eigenvalue weighted by Crippen LogP contribution is -2.18. The van der Waals surface area contributed by atoms with E-state index >= 15 is 0 Å². The maximum Gasteiger partial charge on any atom is 0.0488 e. The Bertz CT molecular complexity index is 739. The van der Waals surface area contributed by atoms with Gasteiger partial charge in [0.15, 0.2) is 0 Å². The number of benzene rings is 2. The molecule has 1 aliphatic heterocycles. The molecule has 0 unspecified atom stereocenters. The van der Waals surface area contributed by atoms with Gasteiger partial charge >= 0.3 is 0 Å². The summed E-state index contributed by atoms with van der Waals surface area (Å²) < 4.78 is 0. The van der Waals surface area contributed by atoms with Gasteiger partial charge in [0, 0.05) is 29.6 Å². The Morgan fingerprint density at radius 2 is 1.76 bits per heavy atom. The monoisotopic (exact) mass is 271 g/mol. The lowest BCUT2D eigenvalue weighted by atomic mass is 10.0. The Balaban J connectivity index is 1.99. The van der Waals surface area contributed by atoms with Crippen molar-refractivity contribution in [3.05, 3.63) is 78.5 Å². The molecule has 102 valence electrons. The molecule has 1 heterocycles. The zero-order chi connectivity index (χ0) is 14.5. The zero-order valence-corrected chi connectivity index (χ0v) is 12.1. The molecular formula is C20H17N. The minimum atomic E-state index is 0.910. The lowest BCUT2D eigenvalue weighted by Gasteiger charge is -2.23. The summed E-state index contributed by atoms with van der Waals surface area (Å²) in [7, 11) is 0. The summed E-state index contributed by atoms with van der Waals surface area (Å²) >= 11 is 0. The number of rotatable bonds is 2. The standard InChI is InChI=1S/C20H17N/c1-2-8-17-11-13-18(14-12-17)19-9-4-5-10-20(19)21-15-6-3-7-16-21/h3-7,9-15H,16H2,1H3. The van der Waals surface area contributed by atoms with Gasteiger partial charge in [0.1, 0.15) is 0 Å². The first-order chi connectivity index (χ1) is 10.4. The number of allylic oxidation sites excluding steroid dienone is 2. The van der Waals surface area contributed by atoms with Gasteiger partial charge in [-0.1, -0.05) is 48.4 Å². The fourth-order valence-corrected chi connectivity index (χ4v) is 2.49. The molecule has 21 heavy (non-hydrogen) atoms. The van der Waals surface area contributed by atoms with E-state index in [9.17, 15) is 0 Å². The molecule has 1 aliphatic rings. The fraction of sp³-hybridized carbons (Fsp3) is 0.100. The quantitative estimate of drug-likeness (QED) is 0.721. The average molecular weight is 271 g/mol. The van der Waals surface area contributed by atoms with E-state index in [4.69, 9.17) is 0 Å². The van der Waals surface area contributed by atoms with Gasteiger partial charge in [0.25, 0.3) is 0 Å². The minimum absolute atomic E-state index is 0.910. The van der Waals surface area contributed by atoms with E-state index in [1.54, 1.807) is 0 Å². The van der Waals surface area contributed by atoms with Crippen molar-refractivity contribution in [1.29, 1.82) is 0 Å². The van der Waals surface area contributed by atoms with Gasteiger partial charge in [0.2, 0.25) is 0 Å². The molecule has 1 heteroatoms. The summed E-state index contributed by atoms with van der Waals surface area (Å²) in [5.74, 6) is 6.01. The third-order valence-corrected chi connectivity index (χ3v) is 3.49. The van der Waals surface area contributed by atoms with Crippen LogP contribution in [0, 0.1) is 11.8 Å². The highest BCUT2D eigenvalue weighted by atomic mass is 15.1. The number of anilines is 1. The predicted octanol–water partition coefficient (Wildman–Crippen LogP) is 4.61. The molecule has 2 aromatic rings. The van der Waals surface area contributed by atoms with Gasteiger partial charge in [-0.15, -0.1) is 5.92 Å². The average Bonchev–Trinajstić information content (AvgIpc) is 2.57. The Labute approximate surface area is 126 Å². The van der Waals surface area contributed by atoms with E-state index in [-0.39, 0.29) is 0 Å².